The Hall–Kier alpha value is -3.24. The van der Waals surface area contributed by atoms with Crippen LogP contribution in [0, 0.1) is 0 Å². The van der Waals surface area contributed by atoms with Gasteiger partial charge in [0.2, 0.25) is 0 Å². The monoisotopic (exact) mass is 421 g/mol. The average Bonchev–Trinajstić information content (AvgIpc) is 3.28. The highest BCUT2D eigenvalue weighted by Gasteiger charge is 2.34. The molecule has 1 aliphatic carbocycles. The fourth-order valence-electron chi connectivity index (χ4n) is 3.74. The van der Waals surface area contributed by atoms with Crippen molar-refractivity contribution in [1.29, 1.82) is 0 Å². The number of pyridine rings is 1. The van der Waals surface area contributed by atoms with E-state index in [4.69, 9.17) is 5.73 Å². The number of aromatic nitrogens is 4. The minimum absolute atomic E-state index is 0.0102. The highest BCUT2D eigenvalue weighted by molar-refractivity contribution is 5.98. The number of carbonyl (C=O) groups is 1. The summed E-state index contributed by atoms with van der Waals surface area (Å²) in [7, 11) is 1.67. The summed E-state index contributed by atoms with van der Waals surface area (Å²) in [4.78, 5) is 16.0. The third kappa shape index (κ3) is 3.91. The van der Waals surface area contributed by atoms with Crippen molar-refractivity contribution in [2.24, 2.45) is 7.05 Å². The molecule has 1 saturated carbocycles. The maximum absolute atomic E-state index is 13.0. The number of halogens is 3. The van der Waals surface area contributed by atoms with Crippen molar-refractivity contribution in [2.45, 2.75) is 43.9 Å². The van der Waals surface area contributed by atoms with E-state index in [2.05, 4.69) is 20.7 Å². The Bertz CT molecular complexity index is 1060. The zero-order chi connectivity index (χ0) is 21.5. The molecule has 0 bridgehead atoms. The SMILES string of the molecule is Cn1ncc(C(=O)NC2CCC(Nc3cccc4nc(C(F)(F)F)cn34)CC2)c1N. The molecule has 0 atom stereocenters. The number of hydrogen-bond acceptors (Lipinski definition) is 5. The number of imidazole rings is 1. The fourth-order valence-corrected chi connectivity index (χ4v) is 3.74. The lowest BCUT2D eigenvalue weighted by Crippen LogP contribution is -2.40. The van der Waals surface area contributed by atoms with Crippen LogP contribution in [0.4, 0.5) is 24.8 Å². The Morgan fingerprint density at radius 3 is 2.53 bits per heavy atom. The van der Waals surface area contributed by atoms with Crippen LogP contribution in [0.1, 0.15) is 41.7 Å². The topological polar surface area (TPSA) is 102 Å². The molecule has 0 saturated heterocycles. The average molecular weight is 421 g/mol. The van der Waals surface area contributed by atoms with Crippen LogP contribution < -0.4 is 16.4 Å². The van der Waals surface area contributed by atoms with Gasteiger partial charge in [-0.1, -0.05) is 6.07 Å². The van der Waals surface area contributed by atoms with Gasteiger partial charge in [-0.05, 0) is 37.8 Å². The molecular formula is C19H22F3N7O. The van der Waals surface area contributed by atoms with Gasteiger partial charge < -0.3 is 16.4 Å². The molecule has 4 N–H and O–H groups in total. The predicted molar refractivity (Wildman–Crippen MR) is 105 cm³/mol. The highest BCUT2D eigenvalue weighted by atomic mass is 19.4. The number of rotatable bonds is 4. The second-order valence-corrected chi connectivity index (χ2v) is 7.50. The first-order valence-electron chi connectivity index (χ1n) is 9.62. The number of aryl methyl sites for hydroxylation is 1. The van der Waals surface area contributed by atoms with E-state index in [1.54, 1.807) is 19.2 Å². The van der Waals surface area contributed by atoms with Crippen LogP contribution in [-0.4, -0.2) is 37.2 Å². The molecule has 0 aromatic carbocycles. The van der Waals surface area contributed by atoms with Crippen molar-refractivity contribution < 1.29 is 18.0 Å². The number of nitrogens with zero attached hydrogens (tertiary/aromatic N) is 4. The number of nitrogen functional groups attached to an aromatic ring is 1. The molecule has 30 heavy (non-hydrogen) atoms. The van der Waals surface area contributed by atoms with E-state index in [0.717, 1.165) is 31.9 Å². The highest BCUT2D eigenvalue weighted by Crippen LogP contribution is 2.30. The van der Waals surface area contributed by atoms with Crippen molar-refractivity contribution in [1.82, 2.24) is 24.5 Å². The Morgan fingerprint density at radius 2 is 1.90 bits per heavy atom. The van der Waals surface area contributed by atoms with Crippen LogP contribution in [0.2, 0.25) is 0 Å². The van der Waals surface area contributed by atoms with Crippen molar-refractivity contribution in [3.63, 3.8) is 0 Å². The number of anilines is 2. The number of hydrogen-bond donors (Lipinski definition) is 3. The molecular weight excluding hydrogens is 399 g/mol. The van der Waals surface area contributed by atoms with Gasteiger partial charge in [0.25, 0.3) is 5.91 Å². The zero-order valence-corrected chi connectivity index (χ0v) is 16.3. The largest absolute Gasteiger partial charge is 0.434 e. The Balaban J connectivity index is 1.38. The smallest absolute Gasteiger partial charge is 0.383 e. The molecule has 3 heterocycles. The van der Waals surface area contributed by atoms with Crippen molar-refractivity contribution in [3.05, 3.63) is 41.9 Å². The maximum Gasteiger partial charge on any atom is 0.434 e. The molecule has 4 rings (SSSR count). The van der Waals surface area contributed by atoms with E-state index >= 15 is 0 Å². The lowest BCUT2D eigenvalue weighted by atomic mass is 9.91. The van der Waals surface area contributed by atoms with Crippen LogP contribution in [0.3, 0.4) is 0 Å². The molecule has 1 fully saturated rings. The first-order chi connectivity index (χ1) is 14.2. The predicted octanol–water partition coefficient (Wildman–Crippen LogP) is 2.82. The number of alkyl halides is 3. The van der Waals surface area contributed by atoms with Gasteiger partial charge in [-0.15, -0.1) is 0 Å². The van der Waals surface area contributed by atoms with Gasteiger partial charge in [-0.25, -0.2) is 4.98 Å². The van der Waals surface area contributed by atoms with E-state index in [0.29, 0.717) is 17.2 Å². The second kappa shape index (κ2) is 7.54. The van der Waals surface area contributed by atoms with Crippen LogP contribution >= 0.6 is 0 Å². The molecule has 3 aromatic heterocycles. The second-order valence-electron chi connectivity index (χ2n) is 7.50. The van der Waals surface area contributed by atoms with Gasteiger partial charge in [0.05, 0.1) is 6.20 Å². The van der Waals surface area contributed by atoms with Gasteiger partial charge in [0, 0.05) is 25.3 Å². The van der Waals surface area contributed by atoms with Gasteiger partial charge in [-0.3, -0.25) is 13.9 Å². The Kier molecular flexibility index (Phi) is 5.04. The van der Waals surface area contributed by atoms with Crippen LogP contribution in [0.5, 0.6) is 0 Å². The number of fused-ring (bicyclic) bond motifs is 1. The third-order valence-electron chi connectivity index (χ3n) is 5.43. The number of nitrogens with two attached hydrogens (primary N) is 1. The molecule has 3 aromatic rings. The maximum atomic E-state index is 13.0. The normalized spacial score (nSPS) is 19.7. The number of amides is 1. The standard InChI is InChI=1S/C19H22F3N7O/c1-28-17(23)13(9-24-28)18(30)26-12-7-5-11(6-8-12)25-15-3-2-4-16-27-14(10-29(15)16)19(20,21)22/h2-4,9-12,25H,5-8,23H2,1H3,(H,26,30). The van der Waals surface area contributed by atoms with E-state index in [1.807, 2.05) is 0 Å². The molecule has 1 aliphatic rings. The molecule has 0 spiro atoms. The number of nitrogens with one attached hydrogen (secondary N) is 2. The van der Waals surface area contributed by atoms with E-state index in [1.165, 1.54) is 21.3 Å². The summed E-state index contributed by atoms with van der Waals surface area (Å²) < 4.78 is 41.8. The Labute approximate surface area is 170 Å². The summed E-state index contributed by atoms with van der Waals surface area (Å²) in [6.07, 6.45) is 0.988. The minimum Gasteiger partial charge on any atom is -0.383 e. The van der Waals surface area contributed by atoms with Crippen molar-refractivity contribution in [2.75, 3.05) is 11.1 Å². The lowest BCUT2D eigenvalue weighted by Gasteiger charge is -2.30. The summed E-state index contributed by atoms with van der Waals surface area (Å²) in [5.74, 6) is 0.625. The summed E-state index contributed by atoms with van der Waals surface area (Å²) in [5, 5.41) is 10.3. The van der Waals surface area contributed by atoms with Gasteiger partial charge in [0.15, 0.2) is 5.69 Å². The third-order valence-corrected chi connectivity index (χ3v) is 5.43. The van der Waals surface area contributed by atoms with Crippen LogP contribution in [-0.2, 0) is 13.2 Å². The summed E-state index contributed by atoms with van der Waals surface area (Å²) in [6.45, 7) is 0. The van der Waals surface area contributed by atoms with Gasteiger partial charge in [0.1, 0.15) is 22.8 Å². The molecule has 1 amide bonds. The lowest BCUT2D eigenvalue weighted by molar-refractivity contribution is -0.140. The van der Waals surface area contributed by atoms with Crippen molar-refractivity contribution in [3.8, 4) is 0 Å². The summed E-state index contributed by atoms with van der Waals surface area (Å²) in [5.41, 5.74) is 5.51. The Morgan fingerprint density at radius 1 is 1.20 bits per heavy atom. The number of carbonyl (C=O) groups excluding carboxylic acids is 1. The molecule has 11 heteroatoms. The molecule has 8 nitrogen and oxygen atoms in total. The molecule has 0 aliphatic heterocycles. The van der Waals surface area contributed by atoms with E-state index in [9.17, 15) is 18.0 Å². The first-order valence-corrected chi connectivity index (χ1v) is 9.62. The van der Waals surface area contributed by atoms with E-state index < -0.39 is 11.9 Å². The quantitative estimate of drug-likeness (QED) is 0.601. The summed E-state index contributed by atoms with van der Waals surface area (Å²) >= 11 is 0. The zero-order valence-electron chi connectivity index (χ0n) is 16.3. The molecule has 0 radical (unpaired) electrons. The minimum atomic E-state index is -4.49. The van der Waals surface area contributed by atoms with E-state index in [-0.39, 0.29) is 23.6 Å². The van der Waals surface area contributed by atoms with Crippen LogP contribution in [0.15, 0.2) is 30.6 Å². The molecule has 0 unspecified atom stereocenters. The van der Waals surface area contributed by atoms with Crippen LogP contribution in [0.25, 0.3) is 5.65 Å². The summed E-state index contributed by atoms with van der Waals surface area (Å²) in [6, 6.07) is 5.04. The van der Waals surface area contributed by atoms with Crippen molar-refractivity contribution >= 4 is 23.2 Å². The van der Waals surface area contributed by atoms with Gasteiger partial charge in [-0.2, -0.15) is 18.3 Å². The first kappa shape index (κ1) is 20.0. The van der Waals surface area contributed by atoms with Gasteiger partial charge >= 0.3 is 6.18 Å². The molecule has 160 valence electrons. The fraction of sp³-hybridized carbons (Fsp3) is 0.421.